The standard InChI is InChI=1S/C12H24N2O4/c1-5-10(3)14(7-12(16)17)6-11(15)13-9(2)8-18-4/h9-10H,5-8H2,1-4H3,(H,13,15)(H,16,17). The molecular weight excluding hydrogens is 236 g/mol. The molecule has 2 N–H and O–H groups in total. The lowest BCUT2D eigenvalue weighted by Crippen LogP contribution is -2.46. The Morgan fingerprint density at radius 3 is 2.39 bits per heavy atom. The van der Waals surface area contributed by atoms with E-state index in [1.165, 1.54) is 0 Å². The zero-order valence-corrected chi connectivity index (χ0v) is 11.6. The van der Waals surface area contributed by atoms with Crippen LogP contribution in [0.1, 0.15) is 27.2 Å². The first-order chi connectivity index (χ1) is 8.40. The second-order valence-corrected chi connectivity index (χ2v) is 4.48. The Kier molecular flexibility index (Phi) is 8.32. The van der Waals surface area contributed by atoms with Gasteiger partial charge in [-0.1, -0.05) is 6.92 Å². The molecule has 18 heavy (non-hydrogen) atoms. The van der Waals surface area contributed by atoms with Crippen LogP contribution in [0.2, 0.25) is 0 Å². The highest BCUT2D eigenvalue weighted by Gasteiger charge is 2.19. The van der Waals surface area contributed by atoms with Crippen LogP contribution < -0.4 is 5.32 Å². The van der Waals surface area contributed by atoms with Gasteiger partial charge >= 0.3 is 5.97 Å². The second-order valence-electron chi connectivity index (χ2n) is 4.48. The maximum Gasteiger partial charge on any atom is 0.317 e. The maximum absolute atomic E-state index is 11.7. The largest absolute Gasteiger partial charge is 0.480 e. The van der Waals surface area contributed by atoms with Crippen molar-refractivity contribution in [1.29, 1.82) is 0 Å². The Balaban J connectivity index is 4.30. The zero-order chi connectivity index (χ0) is 14.1. The van der Waals surface area contributed by atoms with E-state index >= 15 is 0 Å². The number of rotatable bonds is 9. The molecule has 0 aliphatic heterocycles. The lowest BCUT2D eigenvalue weighted by molar-refractivity contribution is -0.139. The summed E-state index contributed by atoms with van der Waals surface area (Å²) in [6.07, 6.45) is 0.800. The van der Waals surface area contributed by atoms with E-state index in [1.807, 2.05) is 20.8 Å². The Bertz CT molecular complexity index is 271. The quantitative estimate of drug-likeness (QED) is 0.624. The fourth-order valence-corrected chi connectivity index (χ4v) is 1.60. The van der Waals surface area contributed by atoms with Gasteiger partial charge in [0.2, 0.25) is 5.91 Å². The minimum atomic E-state index is -0.923. The number of hydrogen-bond donors (Lipinski definition) is 2. The van der Waals surface area contributed by atoms with Gasteiger partial charge in [0.25, 0.3) is 0 Å². The molecule has 0 saturated carbocycles. The first-order valence-corrected chi connectivity index (χ1v) is 6.14. The fourth-order valence-electron chi connectivity index (χ4n) is 1.60. The summed E-state index contributed by atoms with van der Waals surface area (Å²) in [5, 5.41) is 11.6. The van der Waals surface area contributed by atoms with Crippen molar-refractivity contribution in [3.8, 4) is 0 Å². The second kappa shape index (κ2) is 8.88. The van der Waals surface area contributed by atoms with Gasteiger partial charge in [0.05, 0.1) is 19.7 Å². The van der Waals surface area contributed by atoms with Crippen LogP contribution in [0.3, 0.4) is 0 Å². The summed E-state index contributed by atoms with van der Waals surface area (Å²) in [7, 11) is 1.57. The van der Waals surface area contributed by atoms with Crippen LogP contribution in [0.4, 0.5) is 0 Å². The number of aliphatic carboxylic acids is 1. The van der Waals surface area contributed by atoms with Gasteiger partial charge in [-0.2, -0.15) is 0 Å². The van der Waals surface area contributed by atoms with Crippen LogP contribution in [0, 0.1) is 0 Å². The maximum atomic E-state index is 11.7. The van der Waals surface area contributed by atoms with Crippen molar-refractivity contribution < 1.29 is 19.4 Å². The van der Waals surface area contributed by atoms with Gasteiger partial charge in [-0.15, -0.1) is 0 Å². The molecule has 6 heteroatoms. The normalized spacial score (nSPS) is 14.3. The van der Waals surface area contributed by atoms with E-state index in [2.05, 4.69) is 5.32 Å². The summed E-state index contributed by atoms with van der Waals surface area (Å²) in [6.45, 7) is 6.12. The molecule has 106 valence electrons. The van der Waals surface area contributed by atoms with E-state index in [-0.39, 0.29) is 31.1 Å². The fraction of sp³-hybridized carbons (Fsp3) is 0.833. The number of carboxylic acids is 1. The molecule has 0 aliphatic carbocycles. The minimum absolute atomic E-state index is 0.0598. The summed E-state index contributed by atoms with van der Waals surface area (Å²) in [5.74, 6) is -1.10. The van der Waals surface area contributed by atoms with E-state index in [0.29, 0.717) is 6.61 Å². The lowest BCUT2D eigenvalue weighted by Gasteiger charge is -2.26. The molecule has 6 nitrogen and oxygen atoms in total. The summed E-state index contributed by atoms with van der Waals surface area (Å²) < 4.78 is 4.92. The van der Waals surface area contributed by atoms with Crippen LogP contribution in [0.15, 0.2) is 0 Å². The Hall–Kier alpha value is -1.14. The van der Waals surface area contributed by atoms with Crippen LogP contribution in [0.5, 0.6) is 0 Å². The molecule has 0 aromatic carbocycles. The van der Waals surface area contributed by atoms with Crippen molar-refractivity contribution >= 4 is 11.9 Å². The number of carboxylic acid groups (broad SMARTS) is 1. The van der Waals surface area contributed by atoms with Crippen molar-refractivity contribution in [1.82, 2.24) is 10.2 Å². The third-order valence-electron chi connectivity index (χ3n) is 2.72. The van der Waals surface area contributed by atoms with Crippen molar-refractivity contribution in [3.05, 3.63) is 0 Å². The third-order valence-corrected chi connectivity index (χ3v) is 2.72. The molecule has 2 unspecified atom stereocenters. The van der Waals surface area contributed by atoms with Crippen molar-refractivity contribution in [3.63, 3.8) is 0 Å². The highest BCUT2D eigenvalue weighted by atomic mass is 16.5. The van der Waals surface area contributed by atoms with Crippen molar-refractivity contribution in [2.45, 2.75) is 39.3 Å². The van der Waals surface area contributed by atoms with Gasteiger partial charge in [-0.3, -0.25) is 14.5 Å². The Labute approximate surface area is 108 Å². The topological polar surface area (TPSA) is 78.9 Å². The molecule has 0 heterocycles. The molecule has 0 bridgehead atoms. The smallest absolute Gasteiger partial charge is 0.317 e. The molecule has 0 fully saturated rings. The monoisotopic (exact) mass is 260 g/mol. The van der Waals surface area contributed by atoms with Crippen LogP contribution >= 0.6 is 0 Å². The summed E-state index contributed by atoms with van der Waals surface area (Å²) in [5.41, 5.74) is 0. The number of nitrogens with one attached hydrogen (secondary N) is 1. The van der Waals surface area contributed by atoms with Crippen molar-refractivity contribution in [2.75, 3.05) is 26.8 Å². The zero-order valence-electron chi connectivity index (χ0n) is 11.6. The predicted molar refractivity (Wildman–Crippen MR) is 68.4 cm³/mol. The van der Waals surface area contributed by atoms with Crippen LogP contribution in [-0.4, -0.2) is 60.8 Å². The Morgan fingerprint density at radius 1 is 1.33 bits per heavy atom. The molecule has 0 aromatic rings. The number of carbonyl (C=O) groups is 2. The van der Waals surface area contributed by atoms with E-state index in [0.717, 1.165) is 6.42 Å². The molecule has 2 atom stereocenters. The molecule has 0 spiro atoms. The van der Waals surface area contributed by atoms with Gasteiger partial charge in [0, 0.05) is 19.2 Å². The first kappa shape index (κ1) is 16.9. The van der Waals surface area contributed by atoms with Gasteiger partial charge in [-0.05, 0) is 20.3 Å². The molecule has 0 radical (unpaired) electrons. The highest BCUT2D eigenvalue weighted by Crippen LogP contribution is 2.02. The highest BCUT2D eigenvalue weighted by molar-refractivity contribution is 5.79. The number of amides is 1. The average Bonchev–Trinajstić information content (AvgIpc) is 2.26. The molecular formula is C12H24N2O4. The average molecular weight is 260 g/mol. The summed E-state index contributed by atoms with van der Waals surface area (Å²) in [6, 6.07) is -0.0179. The van der Waals surface area contributed by atoms with Gasteiger partial charge < -0.3 is 15.2 Å². The van der Waals surface area contributed by atoms with E-state index in [1.54, 1.807) is 12.0 Å². The van der Waals surface area contributed by atoms with Crippen molar-refractivity contribution in [2.24, 2.45) is 0 Å². The molecule has 0 saturated heterocycles. The van der Waals surface area contributed by atoms with E-state index in [4.69, 9.17) is 9.84 Å². The molecule has 0 rings (SSSR count). The van der Waals surface area contributed by atoms with E-state index < -0.39 is 5.97 Å². The van der Waals surface area contributed by atoms with Gasteiger partial charge in [0.15, 0.2) is 0 Å². The SMILES string of the molecule is CCC(C)N(CC(=O)O)CC(=O)NC(C)COC. The molecule has 0 aromatic heterocycles. The predicted octanol–water partition coefficient (Wildman–Crippen LogP) is 0.323. The summed E-state index contributed by atoms with van der Waals surface area (Å²) in [4.78, 5) is 24.1. The molecule has 0 aliphatic rings. The first-order valence-electron chi connectivity index (χ1n) is 6.14. The minimum Gasteiger partial charge on any atom is -0.480 e. The molecule has 1 amide bonds. The number of ether oxygens (including phenoxy) is 1. The number of nitrogens with zero attached hydrogens (tertiary/aromatic N) is 1. The van der Waals surface area contributed by atoms with Crippen LogP contribution in [-0.2, 0) is 14.3 Å². The van der Waals surface area contributed by atoms with Gasteiger partial charge in [-0.25, -0.2) is 0 Å². The Morgan fingerprint density at radius 2 is 1.94 bits per heavy atom. The van der Waals surface area contributed by atoms with E-state index in [9.17, 15) is 9.59 Å². The lowest BCUT2D eigenvalue weighted by atomic mass is 10.2. The third kappa shape index (κ3) is 7.24. The number of methoxy groups -OCH3 is 1. The number of hydrogen-bond acceptors (Lipinski definition) is 4. The summed E-state index contributed by atoms with van der Waals surface area (Å²) >= 11 is 0. The van der Waals surface area contributed by atoms with Crippen LogP contribution in [0.25, 0.3) is 0 Å². The number of carbonyl (C=O) groups excluding carboxylic acids is 1. The van der Waals surface area contributed by atoms with Gasteiger partial charge in [0.1, 0.15) is 0 Å².